The average molecular weight is 293 g/mol. The molecule has 0 aliphatic heterocycles. The van der Waals surface area contributed by atoms with Gasteiger partial charge < -0.3 is 10.6 Å². The number of benzene rings is 1. The molecular weight excluding hydrogens is 276 g/mol. The average Bonchev–Trinajstić information content (AvgIpc) is 3.09. The molecule has 1 fully saturated rings. The van der Waals surface area contributed by atoms with Gasteiger partial charge in [-0.3, -0.25) is 0 Å². The Labute approximate surface area is 122 Å². The maximum absolute atomic E-state index is 6.19. The van der Waals surface area contributed by atoms with E-state index in [1.165, 1.54) is 29.0 Å². The number of hydrogen-bond acceptors (Lipinski definition) is 3. The van der Waals surface area contributed by atoms with Gasteiger partial charge >= 0.3 is 0 Å². The van der Waals surface area contributed by atoms with Gasteiger partial charge in [0.25, 0.3) is 0 Å². The molecule has 0 unspecified atom stereocenters. The second-order valence-corrected chi connectivity index (χ2v) is 6.54. The second kappa shape index (κ2) is 5.06. The SMILES string of the molecule is Cc1cc(N)c(Cl)cc1N(Cc1cccs1)C1CC1. The van der Waals surface area contributed by atoms with Gasteiger partial charge in [-0.05, 0) is 48.9 Å². The van der Waals surface area contributed by atoms with Crippen LogP contribution in [0.25, 0.3) is 0 Å². The Kier molecular flexibility index (Phi) is 3.42. The first kappa shape index (κ1) is 12.8. The van der Waals surface area contributed by atoms with Crippen molar-refractivity contribution >= 4 is 34.3 Å². The van der Waals surface area contributed by atoms with Crippen molar-refractivity contribution in [3.63, 3.8) is 0 Å². The number of nitrogens with two attached hydrogens (primary N) is 1. The first-order chi connectivity index (χ1) is 9.15. The van der Waals surface area contributed by atoms with Crippen molar-refractivity contribution < 1.29 is 0 Å². The molecule has 1 aromatic carbocycles. The molecule has 19 heavy (non-hydrogen) atoms. The fourth-order valence-corrected chi connectivity index (χ4v) is 3.23. The van der Waals surface area contributed by atoms with Crippen molar-refractivity contribution in [1.29, 1.82) is 0 Å². The minimum Gasteiger partial charge on any atom is -0.398 e. The van der Waals surface area contributed by atoms with Crippen LogP contribution in [0.15, 0.2) is 29.6 Å². The predicted octanol–water partition coefficient (Wildman–Crippen LogP) is 4.46. The van der Waals surface area contributed by atoms with Crippen LogP contribution >= 0.6 is 22.9 Å². The Morgan fingerprint density at radius 2 is 2.21 bits per heavy atom. The van der Waals surface area contributed by atoms with Crippen LogP contribution in [0.2, 0.25) is 5.02 Å². The van der Waals surface area contributed by atoms with Crippen LogP contribution in [0.1, 0.15) is 23.3 Å². The number of thiophene rings is 1. The Morgan fingerprint density at radius 3 is 2.84 bits per heavy atom. The van der Waals surface area contributed by atoms with Gasteiger partial charge in [0.1, 0.15) is 0 Å². The zero-order chi connectivity index (χ0) is 13.4. The lowest BCUT2D eigenvalue weighted by Gasteiger charge is -2.26. The summed E-state index contributed by atoms with van der Waals surface area (Å²) in [4.78, 5) is 3.85. The fourth-order valence-electron chi connectivity index (χ4n) is 2.37. The van der Waals surface area contributed by atoms with E-state index in [1.54, 1.807) is 11.3 Å². The lowest BCUT2D eigenvalue weighted by molar-refractivity contribution is 0.800. The van der Waals surface area contributed by atoms with Crippen LogP contribution in [0, 0.1) is 6.92 Å². The van der Waals surface area contributed by atoms with E-state index >= 15 is 0 Å². The lowest BCUT2D eigenvalue weighted by atomic mass is 10.1. The zero-order valence-electron chi connectivity index (χ0n) is 10.9. The first-order valence-electron chi connectivity index (χ1n) is 6.50. The smallest absolute Gasteiger partial charge is 0.0656 e. The van der Waals surface area contributed by atoms with Gasteiger partial charge in [-0.2, -0.15) is 0 Å². The summed E-state index contributed by atoms with van der Waals surface area (Å²) in [7, 11) is 0. The second-order valence-electron chi connectivity index (χ2n) is 5.10. The van der Waals surface area contributed by atoms with Crippen molar-refractivity contribution in [3.05, 3.63) is 45.1 Å². The largest absolute Gasteiger partial charge is 0.398 e. The van der Waals surface area contributed by atoms with Crippen molar-refractivity contribution in [1.82, 2.24) is 0 Å². The number of hydrogen-bond donors (Lipinski definition) is 1. The highest BCUT2D eigenvalue weighted by Crippen LogP contribution is 2.38. The summed E-state index contributed by atoms with van der Waals surface area (Å²) in [5, 5.41) is 2.78. The topological polar surface area (TPSA) is 29.3 Å². The van der Waals surface area contributed by atoms with Crippen molar-refractivity contribution in [2.45, 2.75) is 32.4 Å². The van der Waals surface area contributed by atoms with Crippen molar-refractivity contribution in [2.75, 3.05) is 10.6 Å². The maximum Gasteiger partial charge on any atom is 0.0656 e. The molecule has 2 nitrogen and oxygen atoms in total. The molecular formula is C15H17ClN2S. The summed E-state index contributed by atoms with van der Waals surface area (Å²) in [6.45, 7) is 3.06. The van der Waals surface area contributed by atoms with E-state index in [0.717, 1.165) is 6.54 Å². The molecule has 4 heteroatoms. The minimum absolute atomic E-state index is 0.650. The van der Waals surface area contributed by atoms with Gasteiger partial charge in [0.05, 0.1) is 17.3 Å². The molecule has 0 radical (unpaired) electrons. The molecule has 0 saturated heterocycles. The Balaban J connectivity index is 1.94. The van der Waals surface area contributed by atoms with Gasteiger partial charge in [-0.25, -0.2) is 0 Å². The summed E-state index contributed by atoms with van der Waals surface area (Å²) in [5.41, 5.74) is 8.95. The number of nitrogens with zero attached hydrogens (tertiary/aromatic N) is 1. The van der Waals surface area contributed by atoms with E-state index in [1.807, 2.05) is 12.1 Å². The predicted molar refractivity (Wildman–Crippen MR) is 84.1 cm³/mol. The Hall–Kier alpha value is -1.19. The maximum atomic E-state index is 6.19. The third-order valence-corrected chi connectivity index (χ3v) is 4.71. The summed E-state index contributed by atoms with van der Waals surface area (Å²) in [6.07, 6.45) is 2.54. The molecule has 3 rings (SSSR count). The Bertz CT molecular complexity index is 576. The molecule has 100 valence electrons. The van der Waals surface area contributed by atoms with E-state index < -0.39 is 0 Å². The molecule has 2 N–H and O–H groups in total. The first-order valence-corrected chi connectivity index (χ1v) is 7.75. The van der Waals surface area contributed by atoms with E-state index in [4.69, 9.17) is 17.3 Å². The highest BCUT2D eigenvalue weighted by molar-refractivity contribution is 7.09. The summed E-state index contributed by atoms with van der Waals surface area (Å²) >= 11 is 7.99. The van der Waals surface area contributed by atoms with E-state index in [2.05, 4.69) is 29.3 Å². The van der Waals surface area contributed by atoms with Gasteiger partial charge in [0.2, 0.25) is 0 Å². The molecule has 0 atom stereocenters. The van der Waals surface area contributed by atoms with Crippen LogP contribution < -0.4 is 10.6 Å². The molecule has 1 heterocycles. The molecule has 0 spiro atoms. The fraction of sp³-hybridized carbons (Fsp3) is 0.333. The molecule has 1 aromatic heterocycles. The molecule has 2 aromatic rings. The number of aryl methyl sites for hydroxylation is 1. The molecule has 0 bridgehead atoms. The number of nitrogen functional groups attached to an aromatic ring is 1. The molecule has 0 amide bonds. The standard InChI is InChI=1S/C15H17ClN2S/c1-10-7-14(17)13(16)8-15(10)18(11-4-5-11)9-12-3-2-6-19-12/h2-3,6-8,11H,4-5,9,17H2,1H3. The number of halogens is 1. The zero-order valence-corrected chi connectivity index (χ0v) is 12.5. The van der Waals surface area contributed by atoms with Gasteiger partial charge in [0.15, 0.2) is 0 Å². The van der Waals surface area contributed by atoms with Crippen LogP contribution in [0.4, 0.5) is 11.4 Å². The lowest BCUT2D eigenvalue weighted by Crippen LogP contribution is -2.25. The van der Waals surface area contributed by atoms with Gasteiger partial charge in [-0.1, -0.05) is 17.7 Å². The molecule has 1 aliphatic carbocycles. The third kappa shape index (κ3) is 2.72. The van der Waals surface area contributed by atoms with Crippen molar-refractivity contribution in [3.8, 4) is 0 Å². The highest BCUT2D eigenvalue weighted by atomic mass is 35.5. The van der Waals surface area contributed by atoms with E-state index in [0.29, 0.717) is 16.8 Å². The van der Waals surface area contributed by atoms with Gasteiger partial charge in [0, 0.05) is 16.6 Å². The number of rotatable bonds is 4. The third-order valence-electron chi connectivity index (χ3n) is 3.52. The van der Waals surface area contributed by atoms with Gasteiger partial charge in [-0.15, -0.1) is 11.3 Å². The van der Waals surface area contributed by atoms with Crippen LogP contribution in [0.5, 0.6) is 0 Å². The Morgan fingerprint density at radius 1 is 1.42 bits per heavy atom. The highest BCUT2D eigenvalue weighted by Gasteiger charge is 2.30. The van der Waals surface area contributed by atoms with Crippen molar-refractivity contribution in [2.24, 2.45) is 0 Å². The molecule has 1 saturated carbocycles. The molecule has 1 aliphatic rings. The summed E-state index contributed by atoms with van der Waals surface area (Å²) in [6, 6.07) is 8.93. The monoisotopic (exact) mass is 292 g/mol. The summed E-state index contributed by atoms with van der Waals surface area (Å²) < 4.78 is 0. The summed E-state index contributed by atoms with van der Waals surface area (Å²) in [5.74, 6) is 0. The quantitative estimate of drug-likeness (QED) is 0.843. The van der Waals surface area contributed by atoms with Crippen LogP contribution in [-0.4, -0.2) is 6.04 Å². The minimum atomic E-state index is 0.650. The van der Waals surface area contributed by atoms with Crippen LogP contribution in [0.3, 0.4) is 0 Å². The normalized spacial score (nSPS) is 14.6. The van der Waals surface area contributed by atoms with E-state index in [-0.39, 0.29) is 0 Å². The van der Waals surface area contributed by atoms with Crippen LogP contribution in [-0.2, 0) is 6.54 Å². The van der Waals surface area contributed by atoms with E-state index in [9.17, 15) is 0 Å². The number of anilines is 2.